The summed E-state index contributed by atoms with van der Waals surface area (Å²) in [6.07, 6.45) is 0.808. The molecule has 20 heavy (non-hydrogen) atoms. The fourth-order valence-corrected chi connectivity index (χ4v) is 3.65. The molecule has 0 saturated heterocycles. The van der Waals surface area contributed by atoms with Crippen molar-refractivity contribution in [1.82, 2.24) is 0 Å². The first-order valence-electron chi connectivity index (χ1n) is 6.41. The fourth-order valence-electron chi connectivity index (χ4n) is 2.56. The Morgan fingerprint density at radius 1 is 1.45 bits per heavy atom. The number of nitrogens with two attached hydrogens (primary N) is 1. The molecule has 1 aromatic heterocycles. The molecule has 3 rings (SSSR count). The van der Waals surface area contributed by atoms with Gasteiger partial charge in [-0.25, -0.2) is 4.79 Å². The Kier molecular flexibility index (Phi) is 3.14. The maximum Gasteiger partial charge on any atom is 0.341 e. The standard InChI is InChI=1S/C15H15NO3S/c1-3-19-15(17)13-12-10-7-9(18-2)5-4-8(10)6-11(12)20-14(13)16/h4-5,7H,3,6,16H2,1-2H3. The van der Waals surface area contributed by atoms with Gasteiger partial charge in [-0.15, -0.1) is 11.3 Å². The Morgan fingerprint density at radius 3 is 2.95 bits per heavy atom. The van der Waals surface area contributed by atoms with Crippen LogP contribution < -0.4 is 10.5 Å². The largest absolute Gasteiger partial charge is 0.497 e. The number of esters is 1. The minimum Gasteiger partial charge on any atom is -0.497 e. The van der Waals surface area contributed by atoms with E-state index in [1.165, 1.54) is 16.9 Å². The number of hydrogen-bond donors (Lipinski definition) is 1. The quantitative estimate of drug-likeness (QED) is 0.753. The summed E-state index contributed by atoms with van der Waals surface area (Å²) in [7, 11) is 1.63. The summed E-state index contributed by atoms with van der Waals surface area (Å²) < 4.78 is 10.4. The topological polar surface area (TPSA) is 61.5 Å². The second-order valence-corrected chi connectivity index (χ2v) is 5.70. The van der Waals surface area contributed by atoms with Crippen molar-refractivity contribution in [3.63, 3.8) is 0 Å². The molecule has 0 unspecified atom stereocenters. The predicted molar refractivity (Wildman–Crippen MR) is 79.5 cm³/mol. The molecule has 5 heteroatoms. The van der Waals surface area contributed by atoms with E-state index in [4.69, 9.17) is 15.2 Å². The van der Waals surface area contributed by atoms with E-state index in [0.717, 1.165) is 28.2 Å². The fraction of sp³-hybridized carbons (Fsp3) is 0.267. The number of carbonyl (C=O) groups excluding carboxylic acids is 1. The molecule has 0 fully saturated rings. The number of carbonyl (C=O) groups is 1. The van der Waals surface area contributed by atoms with Crippen molar-refractivity contribution in [2.45, 2.75) is 13.3 Å². The molecule has 0 atom stereocenters. The highest BCUT2D eigenvalue weighted by Gasteiger charge is 2.30. The van der Waals surface area contributed by atoms with Gasteiger partial charge in [0.1, 0.15) is 16.3 Å². The highest BCUT2D eigenvalue weighted by Crippen LogP contribution is 2.47. The minimum absolute atomic E-state index is 0.341. The summed E-state index contributed by atoms with van der Waals surface area (Å²) in [6, 6.07) is 5.92. The number of anilines is 1. The Labute approximate surface area is 121 Å². The maximum atomic E-state index is 12.1. The Balaban J connectivity index is 2.16. The van der Waals surface area contributed by atoms with Gasteiger partial charge in [0.15, 0.2) is 0 Å². The monoisotopic (exact) mass is 289 g/mol. The number of hydrogen-bond acceptors (Lipinski definition) is 5. The molecule has 0 aliphatic heterocycles. The van der Waals surface area contributed by atoms with Crippen molar-refractivity contribution < 1.29 is 14.3 Å². The van der Waals surface area contributed by atoms with E-state index >= 15 is 0 Å². The van der Waals surface area contributed by atoms with Crippen molar-refractivity contribution >= 4 is 22.3 Å². The molecule has 0 radical (unpaired) electrons. The van der Waals surface area contributed by atoms with Crippen LogP contribution in [0, 0.1) is 0 Å². The third-order valence-corrected chi connectivity index (χ3v) is 4.44. The molecule has 0 saturated carbocycles. The van der Waals surface area contributed by atoms with Crippen molar-refractivity contribution in [3.8, 4) is 16.9 Å². The highest BCUT2D eigenvalue weighted by molar-refractivity contribution is 7.17. The van der Waals surface area contributed by atoms with Crippen molar-refractivity contribution in [3.05, 3.63) is 34.2 Å². The molecule has 1 heterocycles. The van der Waals surface area contributed by atoms with E-state index in [-0.39, 0.29) is 5.97 Å². The van der Waals surface area contributed by atoms with Crippen molar-refractivity contribution in [2.75, 3.05) is 19.5 Å². The van der Waals surface area contributed by atoms with Gasteiger partial charge in [-0.2, -0.15) is 0 Å². The van der Waals surface area contributed by atoms with Crippen LogP contribution in [0.15, 0.2) is 18.2 Å². The number of nitrogen functional groups attached to an aromatic ring is 1. The van der Waals surface area contributed by atoms with Crippen LogP contribution in [0.3, 0.4) is 0 Å². The molecule has 1 aliphatic rings. The molecular formula is C15H15NO3S. The van der Waals surface area contributed by atoms with Crippen molar-refractivity contribution in [2.24, 2.45) is 0 Å². The second-order valence-electron chi connectivity index (χ2n) is 4.56. The van der Waals surface area contributed by atoms with E-state index in [2.05, 4.69) is 0 Å². The van der Waals surface area contributed by atoms with Crippen LogP contribution in [0.25, 0.3) is 11.1 Å². The Bertz CT molecular complexity index is 691. The summed E-state index contributed by atoms with van der Waals surface area (Å²) in [6.45, 7) is 2.13. The molecule has 0 amide bonds. The van der Waals surface area contributed by atoms with Gasteiger partial charge in [-0.3, -0.25) is 0 Å². The zero-order chi connectivity index (χ0) is 14.3. The molecule has 1 aliphatic carbocycles. The average molecular weight is 289 g/mol. The zero-order valence-corrected chi connectivity index (χ0v) is 12.2. The number of ether oxygens (including phenoxy) is 2. The first-order valence-corrected chi connectivity index (χ1v) is 7.22. The lowest BCUT2D eigenvalue weighted by Crippen LogP contribution is -2.07. The second kappa shape index (κ2) is 4.83. The first kappa shape index (κ1) is 13.0. The molecule has 1 aromatic carbocycles. The van der Waals surface area contributed by atoms with Crippen molar-refractivity contribution in [1.29, 1.82) is 0 Å². The van der Waals surface area contributed by atoms with Crippen LogP contribution in [0.1, 0.15) is 27.7 Å². The molecule has 0 bridgehead atoms. The third kappa shape index (κ3) is 1.86. The lowest BCUT2D eigenvalue weighted by atomic mass is 10.0. The summed E-state index contributed by atoms with van der Waals surface area (Å²) >= 11 is 1.46. The van der Waals surface area contributed by atoms with Gasteiger partial charge in [0, 0.05) is 16.9 Å². The first-order chi connectivity index (χ1) is 9.65. The number of methoxy groups -OCH3 is 1. The molecular weight excluding hydrogens is 274 g/mol. The molecule has 104 valence electrons. The van der Waals surface area contributed by atoms with Crippen LogP contribution in [0.5, 0.6) is 5.75 Å². The van der Waals surface area contributed by atoms with Gasteiger partial charge >= 0.3 is 5.97 Å². The summed E-state index contributed by atoms with van der Waals surface area (Å²) in [5.74, 6) is 0.425. The van der Waals surface area contributed by atoms with E-state index in [0.29, 0.717) is 17.2 Å². The minimum atomic E-state index is -0.349. The molecule has 2 aromatic rings. The predicted octanol–water partition coefficient (Wildman–Crippen LogP) is 3.09. The number of benzene rings is 1. The van der Waals surface area contributed by atoms with E-state index in [1.807, 2.05) is 18.2 Å². The SMILES string of the molecule is CCOC(=O)c1c(N)sc2c1-c1cc(OC)ccc1C2. The summed E-state index contributed by atoms with van der Waals surface area (Å²) in [5, 5.41) is 0.530. The van der Waals surface area contributed by atoms with Crippen LogP contribution in [0.2, 0.25) is 0 Å². The average Bonchev–Trinajstić information content (AvgIpc) is 2.92. The number of fused-ring (bicyclic) bond motifs is 3. The smallest absolute Gasteiger partial charge is 0.341 e. The van der Waals surface area contributed by atoms with Gasteiger partial charge < -0.3 is 15.2 Å². The Morgan fingerprint density at radius 2 is 2.25 bits per heavy atom. The zero-order valence-electron chi connectivity index (χ0n) is 11.4. The number of rotatable bonds is 3. The lowest BCUT2D eigenvalue weighted by molar-refractivity contribution is 0.0529. The molecule has 4 nitrogen and oxygen atoms in total. The highest BCUT2D eigenvalue weighted by atomic mass is 32.1. The van der Waals surface area contributed by atoms with Gasteiger partial charge in [0.2, 0.25) is 0 Å². The third-order valence-electron chi connectivity index (χ3n) is 3.43. The summed E-state index contributed by atoms with van der Waals surface area (Å²) in [4.78, 5) is 13.2. The normalized spacial score (nSPS) is 11.9. The van der Waals surface area contributed by atoms with Crippen LogP contribution >= 0.6 is 11.3 Å². The van der Waals surface area contributed by atoms with Gasteiger partial charge in [-0.1, -0.05) is 6.07 Å². The molecule has 2 N–H and O–H groups in total. The maximum absolute atomic E-state index is 12.1. The lowest BCUT2D eigenvalue weighted by Gasteiger charge is -2.07. The Hall–Kier alpha value is -2.01. The number of thiophene rings is 1. The van der Waals surface area contributed by atoms with E-state index in [1.54, 1.807) is 14.0 Å². The van der Waals surface area contributed by atoms with E-state index < -0.39 is 0 Å². The molecule has 0 spiro atoms. The van der Waals surface area contributed by atoms with Crippen LogP contribution in [-0.4, -0.2) is 19.7 Å². The van der Waals surface area contributed by atoms with E-state index in [9.17, 15) is 4.79 Å². The van der Waals surface area contributed by atoms with Gasteiger partial charge in [-0.05, 0) is 30.2 Å². The van der Waals surface area contributed by atoms with Crippen LogP contribution in [-0.2, 0) is 11.2 Å². The van der Waals surface area contributed by atoms with Crippen LogP contribution in [0.4, 0.5) is 5.00 Å². The van der Waals surface area contributed by atoms with Gasteiger partial charge in [0.05, 0.1) is 13.7 Å². The van der Waals surface area contributed by atoms with Gasteiger partial charge in [0.25, 0.3) is 0 Å². The summed E-state index contributed by atoms with van der Waals surface area (Å²) in [5.41, 5.74) is 9.63.